The van der Waals surface area contributed by atoms with Gasteiger partial charge in [0.1, 0.15) is 18.1 Å². The quantitative estimate of drug-likeness (QED) is 0.578. The Hall–Kier alpha value is -3.03. The second kappa shape index (κ2) is 8.24. The molecule has 0 amide bonds. The third kappa shape index (κ3) is 3.75. The summed E-state index contributed by atoms with van der Waals surface area (Å²) in [5.74, 6) is 1.93. The molecular formula is C24H25NO6. The number of nitrogens with zero attached hydrogens (tertiary/aromatic N) is 1. The Bertz CT molecular complexity index is 1160. The first-order chi connectivity index (χ1) is 15.2. The van der Waals surface area contributed by atoms with E-state index in [1.165, 1.54) is 0 Å². The van der Waals surface area contributed by atoms with E-state index in [0.717, 1.165) is 42.7 Å². The fourth-order valence-electron chi connectivity index (χ4n) is 4.34. The van der Waals surface area contributed by atoms with Crippen LogP contribution in [0, 0.1) is 0 Å². The zero-order valence-corrected chi connectivity index (χ0v) is 17.7. The van der Waals surface area contributed by atoms with E-state index < -0.39 is 5.63 Å². The number of hydrogen-bond acceptors (Lipinski definition) is 7. The fourth-order valence-corrected chi connectivity index (χ4v) is 4.34. The first-order valence-electron chi connectivity index (χ1n) is 10.4. The lowest BCUT2D eigenvalue weighted by Gasteiger charge is -2.30. The maximum atomic E-state index is 12.9. The van der Waals surface area contributed by atoms with Crippen LogP contribution in [0.1, 0.15) is 18.4 Å². The molecule has 2 aliphatic rings. The molecular weight excluding hydrogens is 398 g/mol. The van der Waals surface area contributed by atoms with E-state index in [2.05, 4.69) is 4.90 Å². The molecule has 162 valence electrons. The molecule has 1 atom stereocenters. The van der Waals surface area contributed by atoms with E-state index in [-0.39, 0.29) is 6.10 Å². The van der Waals surface area contributed by atoms with Gasteiger partial charge in [-0.1, -0.05) is 6.07 Å². The summed E-state index contributed by atoms with van der Waals surface area (Å²) >= 11 is 0. The lowest BCUT2D eigenvalue weighted by atomic mass is 10.0. The number of benzene rings is 2. The Kier molecular flexibility index (Phi) is 5.29. The van der Waals surface area contributed by atoms with Crippen molar-refractivity contribution in [3.63, 3.8) is 0 Å². The second-order valence-electron chi connectivity index (χ2n) is 7.90. The summed E-state index contributed by atoms with van der Waals surface area (Å²) in [5.41, 5.74) is 2.26. The summed E-state index contributed by atoms with van der Waals surface area (Å²) in [6.07, 6.45) is 2.42. The molecule has 7 nitrogen and oxygen atoms in total. The Morgan fingerprint density at radius 3 is 2.74 bits per heavy atom. The summed E-state index contributed by atoms with van der Waals surface area (Å²) in [7, 11) is 3.15. The first-order valence-corrected chi connectivity index (χ1v) is 10.4. The molecule has 0 bridgehead atoms. The summed E-state index contributed by atoms with van der Waals surface area (Å²) in [6, 6.07) is 11.1. The van der Waals surface area contributed by atoms with Gasteiger partial charge in [-0.15, -0.1) is 0 Å². The van der Waals surface area contributed by atoms with Crippen molar-refractivity contribution in [3.05, 3.63) is 52.4 Å². The van der Waals surface area contributed by atoms with Crippen LogP contribution in [0.3, 0.4) is 0 Å². The molecule has 1 fully saturated rings. The lowest BCUT2D eigenvalue weighted by Crippen LogP contribution is -2.37. The van der Waals surface area contributed by atoms with Crippen LogP contribution in [0.15, 0.2) is 45.6 Å². The predicted octanol–water partition coefficient (Wildman–Crippen LogP) is 3.81. The summed E-state index contributed by atoms with van der Waals surface area (Å²) in [5, 5.41) is 0.853. The molecule has 0 radical (unpaired) electrons. The Morgan fingerprint density at radius 1 is 1.10 bits per heavy atom. The van der Waals surface area contributed by atoms with Crippen molar-refractivity contribution in [2.45, 2.75) is 25.5 Å². The molecule has 31 heavy (non-hydrogen) atoms. The molecule has 5 rings (SSSR count). The summed E-state index contributed by atoms with van der Waals surface area (Å²) in [6.45, 7) is 2.80. The molecule has 0 spiro atoms. The average molecular weight is 423 g/mol. The maximum absolute atomic E-state index is 12.9. The van der Waals surface area contributed by atoms with Crippen molar-refractivity contribution in [1.82, 2.24) is 4.90 Å². The topological polar surface area (TPSA) is 70.4 Å². The largest absolute Gasteiger partial charge is 0.493 e. The third-order valence-corrected chi connectivity index (χ3v) is 5.93. The van der Waals surface area contributed by atoms with Crippen molar-refractivity contribution >= 4 is 11.0 Å². The lowest BCUT2D eigenvalue weighted by molar-refractivity contribution is 0.0281. The van der Waals surface area contributed by atoms with Crippen molar-refractivity contribution in [2.24, 2.45) is 0 Å². The molecule has 7 heteroatoms. The van der Waals surface area contributed by atoms with Gasteiger partial charge in [0.15, 0.2) is 11.5 Å². The van der Waals surface area contributed by atoms with Crippen LogP contribution in [0.4, 0.5) is 0 Å². The van der Waals surface area contributed by atoms with Crippen LogP contribution in [-0.2, 0) is 11.3 Å². The first kappa shape index (κ1) is 19.9. The fraction of sp³-hybridized carbons (Fsp3) is 0.375. The van der Waals surface area contributed by atoms with Gasteiger partial charge in [-0.2, -0.15) is 0 Å². The highest BCUT2D eigenvalue weighted by Crippen LogP contribution is 2.35. The molecule has 2 aliphatic heterocycles. The monoisotopic (exact) mass is 423 g/mol. The highest BCUT2D eigenvalue weighted by Gasteiger charge is 2.26. The number of hydrogen-bond donors (Lipinski definition) is 0. The molecule has 0 aliphatic carbocycles. The minimum Gasteiger partial charge on any atom is -0.493 e. The zero-order chi connectivity index (χ0) is 21.4. The molecule has 3 aromatic rings. The second-order valence-corrected chi connectivity index (χ2v) is 7.90. The van der Waals surface area contributed by atoms with Crippen LogP contribution < -0.4 is 19.8 Å². The normalized spacial score (nSPS) is 18.6. The Morgan fingerprint density at radius 2 is 1.97 bits per heavy atom. The van der Waals surface area contributed by atoms with Gasteiger partial charge in [0.2, 0.25) is 0 Å². The molecule has 0 N–H and O–H groups in total. The van der Waals surface area contributed by atoms with Crippen molar-refractivity contribution in [2.75, 3.05) is 34.1 Å². The van der Waals surface area contributed by atoms with Crippen LogP contribution in [-0.4, -0.2) is 45.1 Å². The minimum atomic E-state index is -0.399. The third-order valence-electron chi connectivity index (χ3n) is 5.93. The molecule has 3 heterocycles. The molecule has 1 aromatic heterocycles. The molecule has 1 saturated heterocycles. The van der Waals surface area contributed by atoms with E-state index in [9.17, 15) is 4.79 Å². The molecule has 2 aromatic carbocycles. The van der Waals surface area contributed by atoms with E-state index in [0.29, 0.717) is 41.5 Å². The summed E-state index contributed by atoms with van der Waals surface area (Å²) < 4.78 is 28.2. The van der Waals surface area contributed by atoms with Crippen molar-refractivity contribution < 1.29 is 23.4 Å². The smallest absolute Gasteiger partial charge is 0.344 e. The number of rotatable bonds is 5. The highest BCUT2D eigenvalue weighted by atomic mass is 16.5. The number of fused-ring (bicyclic) bond motifs is 3. The van der Waals surface area contributed by atoms with Crippen LogP contribution in [0.25, 0.3) is 22.1 Å². The van der Waals surface area contributed by atoms with Crippen molar-refractivity contribution in [3.8, 4) is 28.4 Å². The Labute approximate surface area is 180 Å². The minimum absolute atomic E-state index is 0.240. The van der Waals surface area contributed by atoms with E-state index in [4.69, 9.17) is 23.4 Å². The van der Waals surface area contributed by atoms with Crippen LogP contribution >= 0.6 is 0 Å². The van der Waals surface area contributed by atoms with Gasteiger partial charge in [-0.25, -0.2) is 4.79 Å². The van der Waals surface area contributed by atoms with Gasteiger partial charge in [0.25, 0.3) is 0 Å². The van der Waals surface area contributed by atoms with Gasteiger partial charge in [-0.05, 0) is 48.7 Å². The maximum Gasteiger partial charge on any atom is 0.344 e. The van der Waals surface area contributed by atoms with Gasteiger partial charge in [0.05, 0.1) is 31.5 Å². The highest BCUT2D eigenvalue weighted by molar-refractivity contribution is 5.86. The van der Waals surface area contributed by atoms with E-state index >= 15 is 0 Å². The van der Waals surface area contributed by atoms with Gasteiger partial charge in [-0.3, -0.25) is 4.90 Å². The average Bonchev–Trinajstić information content (AvgIpc) is 3.31. The van der Waals surface area contributed by atoms with Gasteiger partial charge < -0.3 is 23.4 Å². The van der Waals surface area contributed by atoms with Gasteiger partial charge in [0, 0.05) is 25.1 Å². The zero-order valence-electron chi connectivity index (χ0n) is 17.7. The Balaban J connectivity index is 1.51. The van der Waals surface area contributed by atoms with E-state index in [1.54, 1.807) is 26.4 Å². The summed E-state index contributed by atoms with van der Waals surface area (Å²) in [4.78, 5) is 15.1. The predicted molar refractivity (Wildman–Crippen MR) is 116 cm³/mol. The molecule has 0 saturated carbocycles. The SMILES string of the molecule is COc1ccc(-c2cc3ccc4c(c3oc2=O)CN(C[C@H]2CCCO2)CO4)cc1OC. The van der Waals surface area contributed by atoms with Gasteiger partial charge >= 0.3 is 5.63 Å². The number of methoxy groups -OCH3 is 2. The van der Waals surface area contributed by atoms with Crippen molar-refractivity contribution in [1.29, 1.82) is 0 Å². The van der Waals surface area contributed by atoms with Crippen LogP contribution in [0.5, 0.6) is 17.2 Å². The molecule has 0 unspecified atom stereocenters. The standard InChI is InChI=1S/C24H25NO6/c1-27-21-8-5-15(11-22(21)28-2)18-10-16-6-7-20-19(23(16)31-24(18)26)13-25(14-30-20)12-17-4-3-9-29-17/h5-8,10-11,17H,3-4,9,12-14H2,1-2H3/t17-/m1/s1. The van der Waals surface area contributed by atoms with E-state index in [1.807, 2.05) is 24.3 Å². The number of ether oxygens (including phenoxy) is 4. The van der Waals surface area contributed by atoms with Crippen LogP contribution in [0.2, 0.25) is 0 Å².